The van der Waals surface area contributed by atoms with Crippen LogP contribution in [0.5, 0.6) is 0 Å². The number of rotatable bonds is 6. The molecule has 26 heavy (non-hydrogen) atoms. The summed E-state index contributed by atoms with van der Waals surface area (Å²) in [5.74, 6) is -0.0826. The first-order valence-electron chi connectivity index (χ1n) is 9.07. The number of aromatic nitrogens is 3. The number of carbonyl (C=O) groups excluding carboxylic acids is 2. The van der Waals surface area contributed by atoms with E-state index >= 15 is 0 Å². The fourth-order valence-electron chi connectivity index (χ4n) is 3.22. The monoisotopic (exact) mass is 355 g/mol. The van der Waals surface area contributed by atoms with Crippen molar-refractivity contribution in [2.24, 2.45) is 5.92 Å². The Balaban J connectivity index is 1.57. The van der Waals surface area contributed by atoms with Gasteiger partial charge in [0.15, 0.2) is 5.69 Å². The highest BCUT2D eigenvalue weighted by atomic mass is 16.2. The summed E-state index contributed by atoms with van der Waals surface area (Å²) < 4.78 is 1.66. The van der Waals surface area contributed by atoms with E-state index in [1.165, 1.54) is 0 Å². The van der Waals surface area contributed by atoms with Gasteiger partial charge in [-0.05, 0) is 18.4 Å². The number of hydrogen-bond acceptors (Lipinski definition) is 4. The molecule has 0 radical (unpaired) electrons. The van der Waals surface area contributed by atoms with E-state index in [-0.39, 0.29) is 23.8 Å². The number of hydrogen-bond donors (Lipinski definition) is 1. The molecule has 0 bridgehead atoms. The molecule has 0 spiro atoms. The lowest BCUT2D eigenvalue weighted by atomic mass is 10.1. The first-order chi connectivity index (χ1) is 12.5. The SMILES string of the molecule is CC(C)C(=O)N1CCC[C@H]1Cn1cc(C(=O)NCc2ccccc2)nn1. The number of benzene rings is 1. The van der Waals surface area contributed by atoms with E-state index in [9.17, 15) is 9.59 Å². The number of amides is 2. The second-order valence-corrected chi connectivity index (χ2v) is 6.98. The lowest BCUT2D eigenvalue weighted by molar-refractivity contribution is -0.135. The lowest BCUT2D eigenvalue weighted by Gasteiger charge is -2.26. The molecule has 1 fully saturated rings. The van der Waals surface area contributed by atoms with Crippen LogP contribution in [-0.4, -0.2) is 44.3 Å². The molecule has 1 N–H and O–H groups in total. The Bertz CT molecular complexity index is 756. The van der Waals surface area contributed by atoms with Gasteiger partial charge in [-0.15, -0.1) is 5.10 Å². The van der Waals surface area contributed by atoms with Crippen molar-refractivity contribution < 1.29 is 9.59 Å². The third-order valence-electron chi connectivity index (χ3n) is 4.62. The summed E-state index contributed by atoms with van der Waals surface area (Å²) in [6.45, 7) is 5.65. The van der Waals surface area contributed by atoms with Crippen LogP contribution in [0.25, 0.3) is 0 Å². The summed E-state index contributed by atoms with van der Waals surface area (Å²) in [7, 11) is 0. The zero-order valence-corrected chi connectivity index (χ0v) is 15.3. The average molecular weight is 355 g/mol. The Hall–Kier alpha value is -2.70. The molecule has 2 aromatic rings. The minimum absolute atomic E-state index is 0.00864. The van der Waals surface area contributed by atoms with Crippen molar-refractivity contribution in [2.75, 3.05) is 6.54 Å². The Kier molecular flexibility index (Phi) is 5.65. The molecule has 2 amide bonds. The maximum absolute atomic E-state index is 12.3. The van der Waals surface area contributed by atoms with Crippen LogP contribution in [0.1, 0.15) is 42.7 Å². The molecule has 7 nitrogen and oxygen atoms in total. The van der Waals surface area contributed by atoms with Crippen LogP contribution in [0.15, 0.2) is 36.5 Å². The first kappa shape index (κ1) is 18.1. The number of nitrogens with zero attached hydrogens (tertiary/aromatic N) is 4. The van der Waals surface area contributed by atoms with Crippen molar-refractivity contribution in [1.82, 2.24) is 25.2 Å². The molecule has 3 rings (SSSR count). The van der Waals surface area contributed by atoms with Gasteiger partial charge in [0.25, 0.3) is 5.91 Å². The quantitative estimate of drug-likeness (QED) is 0.858. The molecule has 138 valence electrons. The highest BCUT2D eigenvalue weighted by Gasteiger charge is 2.30. The van der Waals surface area contributed by atoms with Gasteiger partial charge in [0.2, 0.25) is 5.91 Å². The van der Waals surface area contributed by atoms with Gasteiger partial charge in [-0.3, -0.25) is 9.59 Å². The van der Waals surface area contributed by atoms with E-state index in [1.54, 1.807) is 10.9 Å². The lowest BCUT2D eigenvalue weighted by Crippen LogP contribution is -2.40. The predicted octanol–water partition coefficient (Wildman–Crippen LogP) is 1.86. The van der Waals surface area contributed by atoms with Crippen molar-refractivity contribution in [3.63, 3.8) is 0 Å². The Morgan fingerprint density at radius 2 is 2.04 bits per heavy atom. The maximum Gasteiger partial charge on any atom is 0.273 e. The second-order valence-electron chi connectivity index (χ2n) is 6.98. The van der Waals surface area contributed by atoms with Crippen LogP contribution in [0.4, 0.5) is 0 Å². The van der Waals surface area contributed by atoms with Crippen LogP contribution in [0.2, 0.25) is 0 Å². The van der Waals surface area contributed by atoms with Crippen molar-refractivity contribution in [2.45, 2.75) is 45.8 Å². The van der Waals surface area contributed by atoms with Gasteiger partial charge >= 0.3 is 0 Å². The number of carbonyl (C=O) groups is 2. The maximum atomic E-state index is 12.3. The molecule has 0 saturated carbocycles. The topological polar surface area (TPSA) is 80.1 Å². The van der Waals surface area contributed by atoms with E-state index in [4.69, 9.17) is 0 Å². The molecule has 1 atom stereocenters. The first-order valence-corrected chi connectivity index (χ1v) is 9.07. The van der Waals surface area contributed by atoms with E-state index in [1.807, 2.05) is 49.1 Å². The molecule has 0 aliphatic carbocycles. The van der Waals surface area contributed by atoms with Crippen LogP contribution < -0.4 is 5.32 Å². The Labute approximate surface area is 153 Å². The smallest absolute Gasteiger partial charge is 0.273 e. The average Bonchev–Trinajstić information content (AvgIpc) is 3.30. The van der Waals surface area contributed by atoms with Gasteiger partial charge < -0.3 is 10.2 Å². The third kappa shape index (κ3) is 4.28. The molecule has 1 saturated heterocycles. The Morgan fingerprint density at radius 3 is 2.77 bits per heavy atom. The zero-order valence-electron chi connectivity index (χ0n) is 15.3. The summed E-state index contributed by atoms with van der Waals surface area (Å²) in [6.07, 6.45) is 3.60. The van der Waals surface area contributed by atoms with Gasteiger partial charge in [-0.1, -0.05) is 49.4 Å². The molecule has 1 aromatic heterocycles. The zero-order chi connectivity index (χ0) is 18.5. The number of likely N-dealkylation sites (tertiary alicyclic amines) is 1. The summed E-state index contributed by atoms with van der Waals surface area (Å²) >= 11 is 0. The van der Waals surface area contributed by atoms with E-state index in [0.29, 0.717) is 18.8 Å². The molecule has 2 heterocycles. The molecule has 7 heteroatoms. The van der Waals surface area contributed by atoms with Crippen molar-refractivity contribution >= 4 is 11.8 Å². The fourth-order valence-corrected chi connectivity index (χ4v) is 3.22. The predicted molar refractivity (Wildman–Crippen MR) is 97.2 cm³/mol. The summed E-state index contributed by atoms with van der Waals surface area (Å²) in [6, 6.07) is 9.84. The van der Waals surface area contributed by atoms with Crippen molar-refractivity contribution in [3.05, 3.63) is 47.8 Å². The van der Waals surface area contributed by atoms with E-state index < -0.39 is 0 Å². The van der Waals surface area contributed by atoms with Gasteiger partial charge in [-0.25, -0.2) is 4.68 Å². The van der Waals surface area contributed by atoms with Crippen LogP contribution >= 0.6 is 0 Å². The molecule has 1 aromatic carbocycles. The highest BCUT2D eigenvalue weighted by Crippen LogP contribution is 2.21. The molecule has 1 aliphatic rings. The number of nitrogens with one attached hydrogen (secondary N) is 1. The van der Waals surface area contributed by atoms with Gasteiger partial charge in [-0.2, -0.15) is 0 Å². The van der Waals surface area contributed by atoms with E-state index in [0.717, 1.165) is 24.9 Å². The standard InChI is InChI=1S/C19H25N5O2/c1-14(2)19(26)24-10-6-9-16(24)12-23-13-17(21-22-23)18(25)20-11-15-7-4-3-5-8-15/h3-5,7-8,13-14,16H,6,9-12H2,1-2H3,(H,20,25)/t16-/m0/s1. The third-order valence-corrected chi connectivity index (χ3v) is 4.62. The molecular formula is C19H25N5O2. The van der Waals surface area contributed by atoms with Gasteiger partial charge in [0.05, 0.1) is 18.8 Å². The molecule has 0 unspecified atom stereocenters. The highest BCUT2D eigenvalue weighted by molar-refractivity contribution is 5.91. The van der Waals surface area contributed by atoms with Gasteiger partial charge in [0.1, 0.15) is 0 Å². The van der Waals surface area contributed by atoms with E-state index in [2.05, 4.69) is 15.6 Å². The summed E-state index contributed by atoms with van der Waals surface area (Å²) in [4.78, 5) is 26.5. The van der Waals surface area contributed by atoms with Crippen LogP contribution in [0, 0.1) is 5.92 Å². The Morgan fingerprint density at radius 1 is 1.27 bits per heavy atom. The normalized spacial score (nSPS) is 16.9. The van der Waals surface area contributed by atoms with Crippen LogP contribution in [0.3, 0.4) is 0 Å². The molecular weight excluding hydrogens is 330 g/mol. The minimum atomic E-state index is -0.248. The van der Waals surface area contributed by atoms with Gasteiger partial charge in [0, 0.05) is 19.0 Å². The second kappa shape index (κ2) is 8.12. The molecule has 1 aliphatic heterocycles. The largest absolute Gasteiger partial charge is 0.347 e. The minimum Gasteiger partial charge on any atom is -0.347 e. The fraction of sp³-hybridized carbons (Fsp3) is 0.474. The van der Waals surface area contributed by atoms with Crippen LogP contribution in [-0.2, 0) is 17.9 Å². The van der Waals surface area contributed by atoms with Crippen molar-refractivity contribution in [3.8, 4) is 0 Å². The summed E-state index contributed by atoms with van der Waals surface area (Å²) in [5.41, 5.74) is 1.32. The summed E-state index contributed by atoms with van der Waals surface area (Å²) in [5, 5.41) is 10.9. The van der Waals surface area contributed by atoms with Crippen molar-refractivity contribution in [1.29, 1.82) is 0 Å².